The van der Waals surface area contributed by atoms with Crippen molar-refractivity contribution in [2.45, 2.75) is 6.92 Å². The normalized spacial score (nSPS) is 10.2. The Balaban J connectivity index is 2.30. The number of ether oxygens (including phenoxy) is 1. The Labute approximate surface area is 103 Å². The van der Waals surface area contributed by atoms with Crippen molar-refractivity contribution in [3.8, 4) is 11.6 Å². The summed E-state index contributed by atoms with van der Waals surface area (Å²) in [6.07, 6.45) is 0. The molecule has 1 aromatic heterocycles. The Bertz CT molecular complexity index is 555. The highest BCUT2D eigenvalue weighted by Crippen LogP contribution is 2.23. The Kier molecular flexibility index (Phi) is 3.36. The third-order valence-electron chi connectivity index (χ3n) is 2.13. The fraction of sp³-hybridized carbons (Fsp3) is 0.167. The molecule has 2 rings (SSSR count). The number of halogens is 2. The molecule has 0 aliphatic rings. The van der Waals surface area contributed by atoms with Crippen LogP contribution in [0.15, 0.2) is 24.3 Å². The molecule has 0 aliphatic carbocycles. The average Bonchev–Trinajstić information content (AvgIpc) is 2.26. The summed E-state index contributed by atoms with van der Waals surface area (Å²) in [5, 5.41) is 2.84. The lowest BCUT2D eigenvalue weighted by Crippen LogP contribution is -1.99. The zero-order chi connectivity index (χ0) is 13.1. The third kappa shape index (κ3) is 2.91. The van der Waals surface area contributed by atoms with Gasteiger partial charge in [-0.2, -0.15) is 4.98 Å². The van der Waals surface area contributed by atoms with Gasteiger partial charge in [0.2, 0.25) is 5.88 Å². The van der Waals surface area contributed by atoms with Crippen molar-refractivity contribution in [3.05, 3.63) is 41.7 Å². The number of benzene rings is 1. The van der Waals surface area contributed by atoms with E-state index in [-0.39, 0.29) is 11.6 Å². The zero-order valence-electron chi connectivity index (χ0n) is 9.87. The monoisotopic (exact) mass is 251 g/mol. The van der Waals surface area contributed by atoms with Crippen LogP contribution in [0.1, 0.15) is 5.82 Å². The maximum absolute atomic E-state index is 13.0. The molecule has 4 nitrogen and oxygen atoms in total. The van der Waals surface area contributed by atoms with Crippen LogP contribution < -0.4 is 10.1 Å². The highest BCUT2D eigenvalue weighted by atomic mass is 19.1. The van der Waals surface area contributed by atoms with Gasteiger partial charge >= 0.3 is 0 Å². The largest absolute Gasteiger partial charge is 0.439 e. The minimum absolute atomic E-state index is 0.0488. The first kappa shape index (κ1) is 12.2. The van der Waals surface area contributed by atoms with Gasteiger partial charge in [0.15, 0.2) is 0 Å². The maximum atomic E-state index is 13.0. The minimum Gasteiger partial charge on any atom is -0.439 e. The van der Waals surface area contributed by atoms with Crippen molar-refractivity contribution >= 4 is 5.82 Å². The summed E-state index contributed by atoms with van der Waals surface area (Å²) >= 11 is 0. The molecule has 2 aromatic rings. The standard InChI is InChI=1S/C12H11F2N3O/c1-7-16-11(15-2)6-12(17-7)18-10-4-8(13)3-9(14)5-10/h3-6H,1-2H3,(H,15,16,17). The van der Waals surface area contributed by atoms with Crippen LogP contribution in [0.5, 0.6) is 11.6 Å². The van der Waals surface area contributed by atoms with Crippen LogP contribution in [0.3, 0.4) is 0 Å². The second-order valence-corrected chi connectivity index (χ2v) is 3.60. The number of anilines is 1. The second kappa shape index (κ2) is 4.95. The number of aryl methyl sites for hydroxylation is 1. The Morgan fingerprint density at radius 3 is 2.33 bits per heavy atom. The second-order valence-electron chi connectivity index (χ2n) is 3.60. The summed E-state index contributed by atoms with van der Waals surface area (Å²) in [5.41, 5.74) is 0. The molecule has 0 fully saturated rings. The molecule has 18 heavy (non-hydrogen) atoms. The quantitative estimate of drug-likeness (QED) is 0.911. The van der Waals surface area contributed by atoms with E-state index in [9.17, 15) is 8.78 Å². The lowest BCUT2D eigenvalue weighted by molar-refractivity contribution is 0.449. The van der Waals surface area contributed by atoms with Gasteiger partial charge in [0.05, 0.1) is 0 Å². The Morgan fingerprint density at radius 1 is 1.06 bits per heavy atom. The lowest BCUT2D eigenvalue weighted by atomic mass is 10.3. The fourth-order valence-corrected chi connectivity index (χ4v) is 1.43. The van der Waals surface area contributed by atoms with E-state index in [1.807, 2.05) is 0 Å². The molecule has 0 radical (unpaired) electrons. The summed E-state index contributed by atoms with van der Waals surface area (Å²) in [6, 6.07) is 4.48. The van der Waals surface area contributed by atoms with Crippen molar-refractivity contribution in [3.63, 3.8) is 0 Å². The maximum Gasteiger partial charge on any atom is 0.224 e. The van der Waals surface area contributed by atoms with Gasteiger partial charge < -0.3 is 10.1 Å². The number of hydrogen-bond acceptors (Lipinski definition) is 4. The highest BCUT2D eigenvalue weighted by Gasteiger charge is 2.06. The zero-order valence-corrected chi connectivity index (χ0v) is 9.87. The SMILES string of the molecule is CNc1cc(Oc2cc(F)cc(F)c2)nc(C)n1. The molecule has 0 unspecified atom stereocenters. The smallest absolute Gasteiger partial charge is 0.224 e. The van der Waals surface area contributed by atoms with E-state index in [0.717, 1.165) is 18.2 Å². The number of rotatable bonds is 3. The number of aromatic nitrogens is 2. The van der Waals surface area contributed by atoms with Gasteiger partial charge in [-0.1, -0.05) is 0 Å². The Morgan fingerprint density at radius 2 is 1.72 bits per heavy atom. The molecule has 0 amide bonds. The summed E-state index contributed by atoms with van der Waals surface area (Å²) in [6.45, 7) is 1.69. The van der Waals surface area contributed by atoms with Gasteiger partial charge in [-0.15, -0.1) is 0 Å². The molecule has 1 heterocycles. The summed E-state index contributed by atoms with van der Waals surface area (Å²) in [5.74, 6) is -0.0816. The van der Waals surface area contributed by atoms with Crippen LogP contribution in [-0.4, -0.2) is 17.0 Å². The van der Waals surface area contributed by atoms with E-state index < -0.39 is 11.6 Å². The van der Waals surface area contributed by atoms with Crippen LogP contribution in [0.4, 0.5) is 14.6 Å². The predicted molar refractivity (Wildman–Crippen MR) is 62.7 cm³/mol. The average molecular weight is 251 g/mol. The third-order valence-corrected chi connectivity index (χ3v) is 2.13. The molecule has 1 N–H and O–H groups in total. The molecule has 0 bridgehead atoms. The van der Waals surface area contributed by atoms with Crippen LogP contribution in [0.2, 0.25) is 0 Å². The van der Waals surface area contributed by atoms with Gasteiger partial charge in [0.1, 0.15) is 29.0 Å². The van der Waals surface area contributed by atoms with Gasteiger partial charge in [-0.3, -0.25) is 0 Å². The molecule has 94 valence electrons. The van der Waals surface area contributed by atoms with E-state index in [4.69, 9.17) is 4.74 Å². The van der Waals surface area contributed by atoms with E-state index in [1.54, 1.807) is 14.0 Å². The summed E-state index contributed by atoms with van der Waals surface area (Å²) in [4.78, 5) is 8.10. The topological polar surface area (TPSA) is 47.0 Å². The number of nitrogens with one attached hydrogen (secondary N) is 1. The van der Waals surface area contributed by atoms with Gasteiger partial charge in [0.25, 0.3) is 0 Å². The first-order chi connectivity index (χ1) is 8.56. The van der Waals surface area contributed by atoms with Crippen molar-refractivity contribution in [2.75, 3.05) is 12.4 Å². The molecular formula is C12H11F2N3O. The van der Waals surface area contributed by atoms with Crippen molar-refractivity contribution in [1.82, 2.24) is 9.97 Å². The highest BCUT2D eigenvalue weighted by molar-refractivity contribution is 5.39. The molecule has 6 heteroatoms. The van der Waals surface area contributed by atoms with E-state index in [0.29, 0.717) is 11.6 Å². The molecular weight excluding hydrogens is 240 g/mol. The first-order valence-electron chi connectivity index (χ1n) is 5.24. The molecule has 0 aliphatic heterocycles. The number of nitrogens with zero attached hydrogens (tertiary/aromatic N) is 2. The van der Waals surface area contributed by atoms with Crippen molar-refractivity contribution in [1.29, 1.82) is 0 Å². The molecule has 0 spiro atoms. The minimum atomic E-state index is -0.704. The number of hydrogen-bond donors (Lipinski definition) is 1. The van der Waals surface area contributed by atoms with Crippen molar-refractivity contribution < 1.29 is 13.5 Å². The molecule has 0 atom stereocenters. The Hall–Kier alpha value is -2.24. The lowest BCUT2D eigenvalue weighted by Gasteiger charge is -2.07. The molecule has 0 saturated carbocycles. The van der Waals surface area contributed by atoms with Crippen LogP contribution in [0, 0.1) is 18.6 Å². The van der Waals surface area contributed by atoms with Gasteiger partial charge in [-0.05, 0) is 6.92 Å². The van der Waals surface area contributed by atoms with Crippen LogP contribution >= 0.6 is 0 Å². The van der Waals surface area contributed by atoms with Gasteiger partial charge in [-0.25, -0.2) is 13.8 Å². The molecule has 0 saturated heterocycles. The predicted octanol–water partition coefficient (Wildman–Crippen LogP) is 2.90. The summed E-state index contributed by atoms with van der Waals surface area (Å²) in [7, 11) is 1.70. The summed E-state index contributed by atoms with van der Waals surface area (Å²) < 4.78 is 31.3. The van der Waals surface area contributed by atoms with E-state index >= 15 is 0 Å². The molecule has 1 aromatic carbocycles. The van der Waals surface area contributed by atoms with E-state index in [2.05, 4.69) is 15.3 Å². The van der Waals surface area contributed by atoms with Crippen molar-refractivity contribution in [2.24, 2.45) is 0 Å². The fourth-order valence-electron chi connectivity index (χ4n) is 1.43. The van der Waals surface area contributed by atoms with Crippen LogP contribution in [0.25, 0.3) is 0 Å². The van der Waals surface area contributed by atoms with E-state index in [1.165, 1.54) is 6.07 Å². The first-order valence-corrected chi connectivity index (χ1v) is 5.24. The van der Waals surface area contributed by atoms with Crippen LogP contribution in [-0.2, 0) is 0 Å². The van der Waals surface area contributed by atoms with Gasteiger partial charge in [0, 0.05) is 31.3 Å².